The first kappa shape index (κ1) is 19.5. The lowest BCUT2D eigenvalue weighted by molar-refractivity contribution is 0.0950. The number of amides is 1. The summed E-state index contributed by atoms with van der Waals surface area (Å²) in [6.07, 6.45) is 2.00. The third-order valence-corrected chi connectivity index (χ3v) is 4.84. The highest BCUT2D eigenvalue weighted by Gasteiger charge is 2.14. The molecule has 0 fully saturated rings. The average molecular weight is 397 g/mol. The molecule has 1 heterocycles. The molecule has 0 aliphatic rings. The van der Waals surface area contributed by atoms with Gasteiger partial charge in [0.1, 0.15) is 5.75 Å². The van der Waals surface area contributed by atoms with Crippen LogP contribution in [0.1, 0.15) is 21.5 Å². The van der Waals surface area contributed by atoms with Crippen molar-refractivity contribution in [3.05, 3.63) is 108 Å². The number of methoxy groups -OCH3 is 1. The summed E-state index contributed by atoms with van der Waals surface area (Å²) in [6.45, 7) is 1.06. The second-order valence-corrected chi connectivity index (χ2v) is 6.97. The van der Waals surface area contributed by atoms with Gasteiger partial charge in [0.15, 0.2) is 0 Å². The maximum atomic E-state index is 12.6. The highest BCUT2D eigenvalue weighted by atomic mass is 16.5. The van der Waals surface area contributed by atoms with Crippen molar-refractivity contribution in [2.45, 2.75) is 13.1 Å². The molecule has 4 aromatic rings. The molecule has 1 aromatic heterocycles. The number of carbonyl (C=O) groups is 1. The van der Waals surface area contributed by atoms with E-state index in [0.29, 0.717) is 24.4 Å². The molecule has 0 spiro atoms. The SMILES string of the molecule is COc1cccc(C(=O)NCc2cn(Cc3ccccc3)nc2-c2ccccc2)c1. The van der Waals surface area contributed by atoms with E-state index in [4.69, 9.17) is 9.84 Å². The second-order valence-electron chi connectivity index (χ2n) is 6.97. The topological polar surface area (TPSA) is 56.1 Å². The predicted octanol–water partition coefficient (Wildman–Crippen LogP) is 4.54. The second kappa shape index (κ2) is 9.09. The molecule has 0 atom stereocenters. The van der Waals surface area contributed by atoms with E-state index in [1.54, 1.807) is 25.3 Å². The van der Waals surface area contributed by atoms with Crippen molar-refractivity contribution in [2.75, 3.05) is 7.11 Å². The van der Waals surface area contributed by atoms with Crippen LogP contribution in [0, 0.1) is 0 Å². The Balaban J connectivity index is 1.57. The molecule has 5 heteroatoms. The standard InChI is InChI=1S/C25H23N3O2/c1-30-23-14-8-13-21(15-23)25(29)26-16-22-18-28(17-19-9-4-2-5-10-19)27-24(22)20-11-6-3-7-12-20/h2-15,18H,16-17H2,1H3,(H,26,29). The van der Waals surface area contributed by atoms with E-state index < -0.39 is 0 Å². The molecule has 0 aliphatic heterocycles. The van der Waals surface area contributed by atoms with Crippen LogP contribution >= 0.6 is 0 Å². The van der Waals surface area contributed by atoms with Crippen molar-refractivity contribution >= 4 is 5.91 Å². The van der Waals surface area contributed by atoms with Crippen molar-refractivity contribution < 1.29 is 9.53 Å². The first-order valence-corrected chi connectivity index (χ1v) is 9.81. The molecule has 150 valence electrons. The van der Waals surface area contributed by atoms with Crippen LogP contribution < -0.4 is 10.1 Å². The number of aromatic nitrogens is 2. The van der Waals surface area contributed by atoms with Gasteiger partial charge in [-0.05, 0) is 23.8 Å². The molecule has 4 rings (SSSR count). The average Bonchev–Trinajstić information content (AvgIpc) is 3.21. The molecular formula is C25H23N3O2. The number of rotatable bonds is 7. The number of nitrogens with one attached hydrogen (secondary N) is 1. The number of benzene rings is 3. The summed E-state index contributed by atoms with van der Waals surface area (Å²) < 4.78 is 7.13. The summed E-state index contributed by atoms with van der Waals surface area (Å²) >= 11 is 0. The van der Waals surface area contributed by atoms with Crippen molar-refractivity contribution in [2.24, 2.45) is 0 Å². The molecule has 5 nitrogen and oxygen atoms in total. The predicted molar refractivity (Wildman–Crippen MR) is 117 cm³/mol. The smallest absolute Gasteiger partial charge is 0.251 e. The first-order valence-electron chi connectivity index (χ1n) is 9.81. The first-order chi connectivity index (χ1) is 14.7. The lowest BCUT2D eigenvalue weighted by atomic mass is 10.1. The Bertz CT molecular complexity index is 1120. The molecule has 0 unspecified atom stereocenters. The van der Waals surface area contributed by atoms with Gasteiger partial charge in [-0.3, -0.25) is 9.48 Å². The minimum absolute atomic E-state index is 0.149. The summed E-state index contributed by atoms with van der Waals surface area (Å²) in [7, 11) is 1.59. The zero-order valence-electron chi connectivity index (χ0n) is 16.8. The third-order valence-electron chi connectivity index (χ3n) is 4.84. The highest BCUT2D eigenvalue weighted by molar-refractivity contribution is 5.94. The van der Waals surface area contributed by atoms with Gasteiger partial charge in [-0.2, -0.15) is 5.10 Å². The number of nitrogens with zero attached hydrogens (tertiary/aromatic N) is 2. The van der Waals surface area contributed by atoms with E-state index in [0.717, 1.165) is 16.8 Å². The van der Waals surface area contributed by atoms with Crippen LogP contribution in [0.4, 0.5) is 0 Å². The van der Waals surface area contributed by atoms with Crippen molar-refractivity contribution in [3.8, 4) is 17.0 Å². The van der Waals surface area contributed by atoms with E-state index in [1.807, 2.05) is 65.5 Å². The van der Waals surface area contributed by atoms with Gasteiger partial charge in [0.05, 0.1) is 19.3 Å². The minimum Gasteiger partial charge on any atom is -0.497 e. The van der Waals surface area contributed by atoms with Crippen LogP contribution in [0.25, 0.3) is 11.3 Å². The van der Waals surface area contributed by atoms with E-state index in [-0.39, 0.29) is 5.91 Å². The Hall–Kier alpha value is -3.86. The fraction of sp³-hybridized carbons (Fsp3) is 0.120. The van der Waals surface area contributed by atoms with Gasteiger partial charge in [0.2, 0.25) is 0 Å². The molecule has 0 aliphatic carbocycles. The zero-order chi connectivity index (χ0) is 20.8. The molecule has 0 saturated carbocycles. The monoisotopic (exact) mass is 397 g/mol. The number of ether oxygens (including phenoxy) is 1. The third kappa shape index (κ3) is 4.58. The van der Waals surface area contributed by atoms with Crippen LogP contribution in [0.2, 0.25) is 0 Å². The lowest BCUT2D eigenvalue weighted by Crippen LogP contribution is -2.22. The van der Waals surface area contributed by atoms with Gasteiger partial charge < -0.3 is 10.1 Å². The summed E-state index contributed by atoms with van der Waals surface area (Å²) in [5.41, 5.74) is 4.60. The number of carbonyl (C=O) groups excluding carboxylic acids is 1. The molecule has 0 saturated heterocycles. The minimum atomic E-state index is -0.149. The fourth-order valence-corrected chi connectivity index (χ4v) is 3.32. The fourth-order valence-electron chi connectivity index (χ4n) is 3.32. The van der Waals surface area contributed by atoms with Gasteiger partial charge in [-0.1, -0.05) is 66.7 Å². The quantitative estimate of drug-likeness (QED) is 0.498. The van der Waals surface area contributed by atoms with Crippen LogP contribution in [-0.4, -0.2) is 22.8 Å². The maximum Gasteiger partial charge on any atom is 0.251 e. The van der Waals surface area contributed by atoms with E-state index in [1.165, 1.54) is 5.56 Å². The normalized spacial score (nSPS) is 10.6. The Morgan fingerprint density at radius 1 is 0.967 bits per heavy atom. The van der Waals surface area contributed by atoms with Gasteiger partial charge in [-0.25, -0.2) is 0 Å². The molecule has 1 amide bonds. The van der Waals surface area contributed by atoms with Gasteiger partial charge in [0.25, 0.3) is 5.91 Å². The van der Waals surface area contributed by atoms with Gasteiger partial charge in [0, 0.05) is 29.4 Å². The van der Waals surface area contributed by atoms with Crippen molar-refractivity contribution in [1.29, 1.82) is 0 Å². The van der Waals surface area contributed by atoms with E-state index >= 15 is 0 Å². The number of hydrogen-bond acceptors (Lipinski definition) is 3. The molecular weight excluding hydrogens is 374 g/mol. The molecule has 1 N–H and O–H groups in total. The van der Waals surface area contributed by atoms with Gasteiger partial charge >= 0.3 is 0 Å². The lowest BCUT2D eigenvalue weighted by Gasteiger charge is -2.07. The highest BCUT2D eigenvalue weighted by Crippen LogP contribution is 2.22. The Labute approximate surface area is 175 Å². The molecule has 30 heavy (non-hydrogen) atoms. The van der Waals surface area contributed by atoms with Crippen molar-refractivity contribution in [1.82, 2.24) is 15.1 Å². The van der Waals surface area contributed by atoms with Crippen LogP contribution in [-0.2, 0) is 13.1 Å². The van der Waals surface area contributed by atoms with Gasteiger partial charge in [-0.15, -0.1) is 0 Å². The number of hydrogen-bond donors (Lipinski definition) is 1. The van der Waals surface area contributed by atoms with Crippen LogP contribution in [0.3, 0.4) is 0 Å². The molecule has 3 aromatic carbocycles. The summed E-state index contributed by atoms with van der Waals surface area (Å²) in [5.74, 6) is 0.507. The Morgan fingerprint density at radius 2 is 1.70 bits per heavy atom. The Kier molecular flexibility index (Phi) is 5.90. The zero-order valence-corrected chi connectivity index (χ0v) is 16.8. The summed E-state index contributed by atoms with van der Waals surface area (Å²) in [5, 5.41) is 7.81. The van der Waals surface area contributed by atoms with Crippen LogP contribution in [0.5, 0.6) is 5.75 Å². The van der Waals surface area contributed by atoms with Crippen molar-refractivity contribution in [3.63, 3.8) is 0 Å². The maximum absolute atomic E-state index is 12.6. The molecule has 0 bridgehead atoms. The van der Waals surface area contributed by atoms with E-state index in [9.17, 15) is 4.79 Å². The molecule has 0 radical (unpaired) electrons. The van der Waals surface area contributed by atoms with Crippen LogP contribution in [0.15, 0.2) is 91.1 Å². The summed E-state index contributed by atoms with van der Waals surface area (Å²) in [4.78, 5) is 12.6. The largest absolute Gasteiger partial charge is 0.497 e. The van der Waals surface area contributed by atoms with E-state index in [2.05, 4.69) is 17.4 Å². The summed E-state index contributed by atoms with van der Waals surface area (Å²) in [6, 6.07) is 27.3. The Morgan fingerprint density at radius 3 is 2.43 bits per heavy atom.